The molecule has 5 rings (SSSR count). The molecule has 0 saturated carbocycles. The van der Waals surface area contributed by atoms with Gasteiger partial charge < -0.3 is 20.9 Å². The Kier molecular flexibility index (Phi) is 4.84. The number of anilines is 2. The molecule has 0 bridgehead atoms. The predicted octanol–water partition coefficient (Wildman–Crippen LogP) is 3.45. The van der Waals surface area contributed by atoms with Crippen molar-refractivity contribution >= 4 is 55.3 Å². The number of pyridine rings is 1. The highest BCUT2D eigenvalue weighted by molar-refractivity contribution is 9.10. The van der Waals surface area contributed by atoms with Crippen molar-refractivity contribution in [2.45, 2.75) is 18.9 Å². The third-order valence-electron chi connectivity index (χ3n) is 5.33. The van der Waals surface area contributed by atoms with Crippen molar-refractivity contribution in [1.82, 2.24) is 19.9 Å². The predicted molar refractivity (Wildman–Crippen MR) is 121 cm³/mol. The molecule has 0 aliphatic carbocycles. The number of carbonyl (C=O) groups is 1. The molecule has 1 aromatic carbocycles. The lowest BCUT2D eigenvalue weighted by Crippen LogP contribution is -2.43. The summed E-state index contributed by atoms with van der Waals surface area (Å²) in [5.74, 6) is -0.324. The van der Waals surface area contributed by atoms with Gasteiger partial charge in [-0.15, -0.1) is 0 Å². The van der Waals surface area contributed by atoms with E-state index in [9.17, 15) is 4.79 Å². The molecule has 1 amide bonds. The molecule has 152 valence electrons. The molecule has 1 saturated heterocycles. The van der Waals surface area contributed by atoms with Crippen molar-refractivity contribution in [3.05, 3.63) is 53.0 Å². The zero-order chi connectivity index (χ0) is 20.7. The number of nitrogens with two attached hydrogens (primary N) is 1. The average molecular weight is 466 g/mol. The van der Waals surface area contributed by atoms with E-state index in [1.165, 1.54) is 6.20 Å². The van der Waals surface area contributed by atoms with E-state index in [4.69, 9.17) is 5.73 Å². The van der Waals surface area contributed by atoms with Crippen molar-refractivity contribution < 1.29 is 4.79 Å². The van der Waals surface area contributed by atoms with Crippen LogP contribution in [0.3, 0.4) is 0 Å². The van der Waals surface area contributed by atoms with Crippen LogP contribution in [0.1, 0.15) is 23.3 Å². The zero-order valence-electron chi connectivity index (χ0n) is 16.1. The Balaban J connectivity index is 1.52. The number of hydrogen-bond acceptors (Lipinski definition) is 6. The van der Waals surface area contributed by atoms with E-state index in [2.05, 4.69) is 46.1 Å². The first-order valence-electron chi connectivity index (χ1n) is 9.79. The van der Waals surface area contributed by atoms with Gasteiger partial charge in [-0.1, -0.05) is 12.1 Å². The molecule has 4 aromatic rings. The number of para-hydroxylation sites is 2. The van der Waals surface area contributed by atoms with E-state index >= 15 is 0 Å². The van der Waals surface area contributed by atoms with Crippen LogP contribution in [0.25, 0.3) is 22.1 Å². The van der Waals surface area contributed by atoms with Crippen molar-refractivity contribution in [3.63, 3.8) is 0 Å². The van der Waals surface area contributed by atoms with E-state index in [-0.39, 0.29) is 17.6 Å². The third-order valence-corrected chi connectivity index (χ3v) is 5.91. The molecular formula is C21H20BrN7O. The van der Waals surface area contributed by atoms with Crippen LogP contribution < -0.4 is 16.0 Å². The highest BCUT2D eigenvalue weighted by Crippen LogP contribution is 2.38. The van der Waals surface area contributed by atoms with Gasteiger partial charge in [-0.25, -0.2) is 9.97 Å². The number of amides is 1. The second-order valence-corrected chi connectivity index (χ2v) is 8.28. The largest absolute Gasteiger partial charge is 0.368 e. The van der Waals surface area contributed by atoms with E-state index in [1.54, 1.807) is 12.4 Å². The van der Waals surface area contributed by atoms with E-state index in [0.717, 1.165) is 47.0 Å². The SMILES string of the molecule is N[C@@H]1CCCN(c2c(Br)cnc3[nH]cc(NC(=O)c4cnc5ccccc5n4)c23)C1. The fourth-order valence-electron chi connectivity index (χ4n) is 3.93. The van der Waals surface area contributed by atoms with Crippen LogP contribution >= 0.6 is 15.9 Å². The Bertz CT molecular complexity index is 1250. The lowest BCUT2D eigenvalue weighted by molar-refractivity contribution is 0.102. The standard InChI is InChI=1S/C21H20BrN7O/c22-13-8-25-20-18(19(13)29-7-3-4-12(23)11-29)16(9-26-20)28-21(30)17-10-24-14-5-1-2-6-15(14)27-17/h1-2,5-6,8-10,12H,3-4,7,11,23H2,(H,25,26)(H,28,30)/t12-/m1/s1. The van der Waals surface area contributed by atoms with Gasteiger partial charge in [0.1, 0.15) is 11.3 Å². The number of rotatable bonds is 3. The lowest BCUT2D eigenvalue weighted by Gasteiger charge is -2.33. The molecule has 30 heavy (non-hydrogen) atoms. The highest BCUT2D eigenvalue weighted by Gasteiger charge is 2.24. The summed E-state index contributed by atoms with van der Waals surface area (Å²) in [6.45, 7) is 1.66. The third kappa shape index (κ3) is 3.40. The number of aromatic amines is 1. The zero-order valence-corrected chi connectivity index (χ0v) is 17.7. The smallest absolute Gasteiger partial charge is 0.275 e. The summed E-state index contributed by atoms with van der Waals surface area (Å²) in [4.78, 5) is 31.6. The molecule has 1 atom stereocenters. The van der Waals surface area contributed by atoms with Crippen LogP contribution in [0.2, 0.25) is 0 Å². The Morgan fingerprint density at radius 2 is 2.07 bits per heavy atom. The van der Waals surface area contributed by atoms with Crippen molar-refractivity contribution in [2.75, 3.05) is 23.3 Å². The number of nitrogens with one attached hydrogen (secondary N) is 2. The van der Waals surface area contributed by atoms with Crippen molar-refractivity contribution in [1.29, 1.82) is 0 Å². The fraction of sp³-hybridized carbons (Fsp3) is 0.238. The summed E-state index contributed by atoms with van der Waals surface area (Å²) in [7, 11) is 0. The molecule has 1 aliphatic heterocycles. The number of H-pyrrole nitrogens is 1. The molecule has 4 N–H and O–H groups in total. The van der Waals surface area contributed by atoms with Crippen LogP contribution in [0, 0.1) is 0 Å². The van der Waals surface area contributed by atoms with Gasteiger partial charge in [-0.2, -0.15) is 0 Å². The van der Waals surface area contributed by atoms with E-state index < -0.39 is 0 Å². The fourth-order valence-corrected chi connectivity index (χ4v) is 4.48. The number of halogens is 1. The quantitative estimate of drug-likeness (QED) is 0.427. The maximum absolute atomic E-state index is 12.9. The van der Waals surface area contributed by atoms with Gasteiger partial charge in [0.25, 0.3) is 5.91 Å². The maximum atomic E-state index is 12.9. The number of aromatic nitrogens is 4. The second-order valence-electron chi connectivity index (χ2n) is 7.43. The van der Waals surface area contributed by atoms with Crippen LogP contribution in [0.15, 0.2) is 47.3 Å². The first-order valence-corrected chi connectivity index (χ1v) is 10.6. The van der Waals surface area contributed by atoms with E-state index in [0.29, 0.717) is 16.9 Å². The minimum Gasteiger partial charge on any atom is -0.368 e. The average Bonchev–Trinajstić information content (AvgIpc) is 3.16. The number of nitrogens with zero attached hydrogens (tertiary/aromatic N) is 4. The highest BCUT2D eigenvalue weighted by atomic mass is 79.9. The normalized spacial score (nSPS) is 16.9. The van der Waals surface area contributed by atoms with Gasteiger partial charge >= 0.3 is 0 Å². The summed E-state index contributed by atoms with van der Waals surface area (Å²) in [5.41, 5.74) is 10.2. The Morgan fingerprint density at radius 3 is 2.90 bits per heavy atom. The van der Waals surface area contributed by atoms with Gasteiger partial charge in [0.2, 0.25) is 0 Å². The van der Waals surface area contributed by atoms with Crippen LogP contribution in [0.4, 0.5) is 11.4 Å². The first-order chi connectivity index (χ1) is 14.6. The number of fused-ring (bicyclic) bond motifs is 2. The van der Waals surface area contributed by atoms with Crippen LogP contribution in [0.5, 0.6) is 0 Å². The molecular weight excluding hydrogens is 446 g/mol. The van der Waals surface area contributed by atoms with E-state index in [1.807, 2.05) is 24.3 Å². The summed E-state index contributed by atoms with van der Waals surface area (Å²) in [6, 6.07) is 7.59. The van der Waals surface area contributed by atoms with Crippen LogP contribution in [-0.4, -0.2) is 45.0 Å². The molecule has 0 spiro atoms. The Labute approximate surface area is 181 Å². The van der Waals surface area contributed by atoms with Crippen LogP contribution in [-0.2, 0) is 0 Å². The second kappa shape index (κ2) is 7.66. The number of carbonyl (C=O) groups excluding carboxylic acids is 1. The molecule has 9 heteroatoms. The van der Waals surface area contributed by atoms with Gasteiger partial charge in [0.15, 0.2) is 0 Å². The monoisotopic (exact) mass is 465 g/mol. The van der Waals surface area contributed by atoms with Gasteiger partial charge in [-0.05, 0) is 40.9 Å². The summed E-state index contributed by atoms with van der Waals surface area (Å²) in [5, 5.41) is 3.82. The summed E-state index contributed by atoms with van der Waals surface area (Å²) < 4.78 is 0.865. The maximum Gasteiger partial charge on any atom is 0.275 e. The minimum atomic E-state index is -0.324. The first kappa shape index (κ1) is 19.0. The molecule has 1 aliphatic rings. The van der Waals surface area contributed by atoms with Crippen molar-refractivity contribution in [2.24, 2.45) is 5.73 Å². The Morgan fingerprint density at radius 1 is 1.23 bits per heavy atom. The van der Waals surface area contributed by atoms with Gasteiger partial charge in [0, 0.05) is 31.5 Å². The number of piperidine rings is 1. The molecule has 8 nitrogen and oxygen atoms in total. The lowest BCUT2D eigenvalue weighted by atomic mass is 10.1. The van der Waals surface area contributed by atoms with Gasteiger partial charge in [0.05, 0.1) is 38.5 Å². The molecule has 1 fully saturated rings. The van der Waals surface area contributed by atoms with Crippen molar-refractivity contribution in [3.8, 4) is 0 Å². The summed E-state index contributed by atoms with van der Waals surface area (Å²) >= 11 is 3.64. The number of benzene rings is 1. The molecule has 4 heterocycles. The summed E-state index contributed by atoms with van der Waals surface area (Å²) in [6.07, 6.45) is 7.06. The molecule has 3 aromatic heterocycles. The molecule has 0 radical (unpaired) electrons. The van der Waals surface area contributed by atoms with Gasteiger partial charge in [-0.3, -0.25) is 9.78 Å². The topological polar surface area (TPSA) is 113 Å². The Hall–Kier alpha value is -3.04. The number of hydrogen-bond donors (Lipinski definition) is 3. The minimum absolute atomic E-state index is 0.124. The molecule has 0 unspecified atom stereocenters.